The molecule has 2 N–H and O–H groups in total. The summed E-state index contributed by atoms with van der Waals surface area (Å²) in [6, 6.07) is 21.2. The Labute approximate surface area is 121 Å². The Kier molecular flexibility index (Phi) is 5.78. The van der Waals surface area contributed by atoms with Crippen molar-refractivity contribution in [1.82, 2.24) is 5.32 Å². The first kappa shape index (κ1) is 14.8. The van der Waals surface area contributed by atoms with Crippen LogP contribution in [0.1, 0.15) is 18.1 Å². The van der Waals surface area contributed by atoms with Gasteiger partial charge in [0, 0.05) is 12.1 Å². The third-order valence-corrected chi connectivity index (χ3v) is 3.45. The Morgan fingerprint density at radius 3 is 1.85 bits per heavy atom. The van der Waals surface area contributed by atoms with Crippen LogP contribution in [0.5, 0.6) is 0 Å². The van der Waals surface area contributed by atoms with E-state index in [1.807, 2.05) is 24.3 Å². The molecule has 20 heavy (non-hydrogen) atoms. The standard InChI is InChI=1S/C18H23NO/c1-15(12-16-8-4-2-5-9-16)19-18(14-20)13-17-10-6-3-7-11-17/h2-11,15,18-20H,12-14H2,1H3/t15?,18-/m1/s1. The van der Waals surface area contributed by atoms with Gasteiger partial charge in [0.25, 0.3) is 0 Å². The molecular formula is C18H23NO. The van der Waals surface area contributed by atoms with Crippen molar-refractivity contribution in [3.63, 3.8) is 0 Å². The van der Waals surface area contributed by atoms with Gasteiger partial charge < -0.3 is 10.4 Å². The van der Waals surface area contributed by atoms with Gasteiger partial charge in [0.05, 0.1) is 6.61 Å². The van der Waals surface area contributed by atoms with Gasteiger partial charge >= 0.3 is 0 Å². The SMILES string of the molecule is CC(Cc1ccccc1)N[C@@H](CO)Cc1ccccc1. The van der Waals surface area contributed by atoms with Crippen molar-refractivity contribution in [3.8, 4) is 0 Å². The average Bonchev–Trinajstić information content (AvgIpc) is 2.48. The molecule has 0 aliphatic heterocycles. The Bertz CT molecular complexity index is 483. The molecule has 0 aromatic heterocycles. The van der Waals surface area contributed by atoms with E-state index in [0.29, 0.717) is 6.04 Å². The van der Waals surface area contributed by atoms with Crippen LogP contribution in [-0.2, 0) is 12.8 Å². The molecule has 2 atom stereocenters. The quantitative estimate of drug-likeness (QED) is 0.810. The molecule has 2 heteroatoms. The maximum Gasteiger partial charge on any atom is 0.0587 e. The van der Waals surface area contributed by atoms with E-state index in [4.69, 9.17) is 0 Å². The summed E-state index contributed by atoms with van der Waals surface area (Å²) < 4.78 is 0. The largest absolute Gasteiger partial charge is 0.395 e. The van der Waals surface area contributed by atoms with Crippen molar-refractivity contribution >= 4 is 0 Å². The number of hydrogen-bond acceptors (Lipinski definition) is 2. The van der Waals surface area contributed by atoms with Crippen LogP contribution in [0.25, 0.3) is 0 Å². The summed E-state index contributed by atoms with van der Waals surface area (Å²) in [7, 11) is 0. The van der Waals surface area contributed by atoms with E-state index in [1.165, 1.54) is 11.1 Å². The van der Waals surface area contributed by atoms with Gasteiger partial charge in [0.1, 0.15) is 0 Å². The van der Waals surface area contributed by atoms with E-state index in [1.54, 1.807) is 0 Å². The van der Waals surface area contributed by atoms with Crippen LogP contribution in [0, 0.1) is 0 Å². The van der Waals surface area contributed by atoms with Gasteiger partial charge in [-0.1, -0.05) is 60.7 Å². The summed E-state index contributed by atoms with van der Waals surface area (Å²) in [5.41, 5.74) is 2.58. The van der Waals surface area contributed by atoms with E-state index in [-0.39, 0.29) is 12.6 Å². The van der Waals surface area contributed by atoms with Crippen molar-refractivity contribution in [3.05, 3.63) is 71.8 Å². The van der Waals surface area contributed by atoms with Gasteiger partial charge in [0.2, 0.25) is 0 Å². The highest BCUT2D eigenvalue weighted by atomic mass is 16.3. The molecule has 0 amide bonds. The van der Waals surface area contributed by atoms with Gasteiger partial charge in [-0.3, -0.25) is 0 Å². The van der Waals surface area contributed by atoms with Gasteiger partial charge in [-0.2, -0.15) is 0 Å². The molecule has 0 fully saturated rings. The van der Waals surface area contributed by atoms with Crippen molar-refractivity contribution in [2.45, 2.75) is 31.8 Å². The maximum atomic E-state index is 9.54. The number of rotatable bonds is 7. The summed E-state index contributed by atoms with van der Waals surface area (Å²) in [6.07, 6.45) is 1.84. The zero-order valence-electron chi connectivity index (χ0n) is 12.0. The van der Waals surface area contributed by atoms with Crippen LogP contribution >= 0.6 is 0 Å². The molecule has 0 bridgehead atoms. The molecule has 0 aliphatic carbocycles. The first-order chi connectivity index (χ1) is 9.78. The lowest BCUT2D eigenvalue weighted by molar-refractivity contribution is 0.232. The van der Waals surface area contributed by atoms with E-state index in [9.17, 15) is 5.11 Å². The molecule has 0 saturated heterocycles. The molecule has 0 saturated carbocycles. The molecular weight excluding hydrogens is 246 g/mol. The van der Waals surface area contributed by atoms with Crippen molar-refractivity contribution < 1.29 is 5.11 Å². The van der Waals surface area contributed by atoms with E-state index in [0.717, 1.165) is 12.8 Å². The van der Waals surface area contributed by atoms with Gasteiger partial charge in [-0.15, -0.1) is 0 Å². The highest BCUT2D eigenvalue weighted by Crippen LogP contribution is 2.06. The fourth-order valence-electron chi connectivity index (χ4n) is 2.50. The van der Waals surface area contributed by atoms with E-state index >= 15 is 0 Å². The first-order valence-corrected chi connectivity index (χ1v) is 7.22. The van der Waals surface area contributed by atoms with Gasteiger partial charge in [0.15, 0.2) is 0 Å². The fourth-order valence-corrected chi connectivity index (χ4v) is 2.50. The lowest BCUT2D eigenvalue weighted by atomic mass is 10.0. The van der Waals surface area contributed by atoms with Crippen LogP contribution in [-0.4, -0.2) is 23.8 Å². The predicted molar refractivity (Wildman–Crippen MR) is 83.8 cm³/mol. The minimum atomic E-state index is 0.108. The molecule has 0 heterocycles. The number of aliphatic hydroxyl groups is 1. The Morgan fingerprint density at radius 2 is 1.35 bits per heavy atom. The predicted octanol–water partition coefficient (Wildman–Crippen LogP) is 2.81. The number of nitrogens with one attached hydrogen (secondary N) is 1. The average molecular weight is 269 g/mol. The minimum absolute atomic E-state index is 0.108. The van der Waals surface area contributed by atoms with E-state index in [2.05, 4.69) is 48.6 Å². The second kappa shape index (κ2) is 7.83. The zero-order chi connectivity index (χ0) is 14.2. The monoisotopic (exact) mass is 269 g/mol. The third kappa shape index (κ3) is 4.80. The number of aliphatic hydroxyl groups excluding tert-OH is 1. The first-order valence-electron chi connectivity index (χ1n) is 7.22. The summed E-state index contributed by atoms with van der Waals surface area (Å²) >= 11 is 0. The summed E-state index contributed by atoms with van der Waals surface area (Å²) in [4.78, 5) is 0. The van der Waals surface area contributed by atoms with Crippen molar-refractivity contribution in [1.29, 1.82) is 0 Å². The highest BCUT2D eigenvalue weighted by Gasteiger charge is 2.12. The topological polar surface area (TPSA) is 32.3 Å². The Hall–Kier alpha value is -1.64. The Morgan fingerprint density at radius 1 is 0.850 bits per heavy atom. The molecule has 0 aliphatic rings. The zero-order valence-corrected chi connectivity index (χ0v) is 12.0. The lowest BCUT2D eigenvalue weighted by Gasteiger charge is -2.22. The molecule has 2 aromatic carbocycles. The summed E-state index contributed by atoms with van der Waals surface area (Å²) in [5, 5.41) is 13.1. The van der Waals surface area contributed by atoms with Crippen LogP contribution in [0.3, 0.4) is 0 Å². The second-order valence-electron chi connectivity index (χ2n) is 5.33. The molecule has 0 radical (unpaired) electrons. The molecule has 106 valence electrons. The number of hydrogen-bond donors (Lipinski definition) is 2. The smallest absolute Gasteiger partial charge is 0.0587 e. The summed E-state index contributed by atoms with van der Waals surface area (Å²) in [5.74, 6) is 0. The van der Waals surface area contributed by atoms with Crippen molar-refractivity contribution in [2.75, 3.05) is 6.61 Å². The van der Waals surface area contributed by atoms with Crippen LogP contribution in [0.15, 0.2) is 60.7 Å². The highest BCUT2D eigenvalue weighted by molar-refractivity contribution is 5.17. The molecule has 2 aromatic rings. The number of benzene rings is 2. The van der Waals surface area contributed by atoms with Crippen LogP contribution < -0.4 is 5.32 Å². The lowest BCUT2D eigenvalue weighted by Crippen LogP contribution is -2.41. The van der Waals surface area contributed by atoms with E-state index < -0.39 is 0 Å². The normalized spacial score (nSPS) is 13.9. The molecule has 0 spiro atoms. The minimum Gasteiger partial charge on any atom is -0.395 e. The second-order valence-corrected chi connectivity index (χ2v) is 5.33. The third-order valence-electron chi connectivity index (χ3n) is 3.45. The van der Waals surface area contributed by atoms with Gasteiger partial charge in [-0.25, -0.2) is 0 Å². The van der Waals surface area contributed by atoms with Crippen LogP contribution in [0.2, 0.25) is 0 Å². The molecule has 2 nitrogen and oxygen atoms in total. The van der Waals surface area contributed by atoms with Crippen molar-refractivity contribution in [2.24, 2.45) is 0 Å². The molecule has 2 rings (SSSR count). The van der Waals surface area contributed by atoms with Gasteiger partial charge in [-0.05, 0) is 30.9 Å². The Balaban J connectivity index is 1.86. The van der Waals surface area contributed by atoms with Crippen LogP contribution in [0.4, 0.5) is 0 Å². The summed E-state index contributed by atoms with van der Waals surface area (Å²) in [6.45, 7) is 2.33. The molecule has 1 unspecified atom stereocenters. The maximum absolute atomic E-state index is 9.54. The fraction of sp³-hybridized carbons (Fsp3) is 0.333.